The third-order valence-corrected chi connectivity index (χ3v) is 2.64. The Bertz CT molecular complexity index is 387. The third kappa shape index (κ3) is 1.14. The molecule has 1 aromatic heterocycles. The van der Waals surface area contributed by atoms with Crippen molar-refractivity contribution in [3.05, 3.63) is 34.0 Å². The molecule has 12 heavy (non-hydrogen) atoms. The van der Waals surface area contributed by atoms with Crippen LogP contribution in [0.5, 0.6) is 5.75 Å². The molecule has 2 rings (SSSR count). The van der Waals surface area contributed by atoms with Gasteiger partial charge >= 0.3 is 0 Å². The molecule has 0 radical (unpaired) electrons. The number of nitrogens with zero attached hydrogens (tertiary/aromatic N) is 1. The molecule has 0 aliphatic heterocycles. The van der Waals surface area contributed by atoms with Gasteiger partial charge in [0.1, 0.15) is 11.3 Å². The van der Waals surface area contributed by atoms with E-state index >= 15 is 0 Å². The fourth-order valence-corrected chi connectivity index (χ4v) is 1.74. The van der Waals surface area contributed by atoms with Crippen LogP contribution in [0, 0.1) is 3.57 Å². The molecule has 0 aliphatic carbocycles. The van der Waals surface area contributed by atoms with E-state index in [9.17, 15) is 5.11 Å². The molecule has 0 aliphatic rings. The van der Waals surface area contributed by atoms with Crippen molar-refractivity contribution in [2.24, 2.45) is 0 Å². The van der Waals surface area contributed by atoms with Crippen LogP contribution in [0.25, 0.3) is 10.9 Å². The molecule has 0 amide bonds. The fraction of sp³-hybridized carbons (Fsp3) is 0. The average molecular weight is 267 g/mol. The summed E-state index contributed by atoms with van der Waals surface area (Å²) in [6.45, 7) is 0. The minimum Gasteiger partial charge on any atom is -0.506 e. The Kier molecular flexibility index (Phi) is 1.88. The van der Waals surface area contributed by atoms with Gasteiger partial charge in [-0.2, -0.15) is 0 Å². The molecule has 0 atom stereocenters. The topological polar surface area (TPSA) is 33.1 Å². The summed E-state index contributed by atoms with van der Waals surface area (Å²) < 4.78 is 1.11. The first-order valence-electron chi connectivity index (χ1n) is 3.51. The second kappa shape index (κ2) is 2.90. The first-order valence-corrected chi connectivity index (χ1v) is 4.59. The van der Waals surface area contributed by atoms with Gasteiger partial charge in [0, 0.05) is 15.2 Å². The molecule has 3 heteroatoms. The van der Waals surface area contributed by atoms with Crippen molar-refractivity contribution in [3.8, 4) is 5.75 Å². The highest BCUT2D eigenvalue weighted by Crippen LogP contribution is 2.25. The number of aromatic nitrogens is 1. The second-order valence-electron chi connectivity index (χ2n) is 2.47. The zero-order chi connectivity index (χ0) is 8.55. The van der Waals surface area contributed by atoms with Crippen LogP contribution in [0.1, 0.15) is 0 Å². The van der Waals surface area contributed by atoms with Crippen molar-refractivity contribution in [2.45, 2.75) is 0 Å². The van der Waals surface area contributed by atoms with Crippen molar-refractivity contribution >= 4 is 33.5 Å². The van der Waals surface area contributed by atoms with Gasteiger partial charge < -0.3 is 5.11 Å². The lowest BCUT2D eigenvalue weighted by atomic mass is 10.2. The molecule has 1 heterocycles. The summed E-state index contributed by atoms with van der Waals surface area (Å²) in [5, 5.41) is 10.4. The van der Waals surface area contributed by atoms with Gasteiger partial charge in [-0.25, -0.2) is 0 Å². The molecule has 1 N–H and O–H groups in total. The lowest BCUT2D eigenvalue weighted by Gasteiger charge is -2.00. The number of halogens is 1. The van der Waals surface area contributed by atoms with Gasteiger partial charge in [-0.15, -0.1) is 0 Å². The fourth-order valence-electron chi connectivity index (χ4n) is 1.12. The maximum atomic E-state index is 9.43. The summed E-state index contributed by atoms with van der Waals surface area (Å²) >= 11 is 2.22. The minimum absolute atomic E-state index is 0.242. The van der Waals surface area contributed by atoms with Crippen molar-refractivity contribution in [2.75, 3.05) is 0 Å². The molecule has 2 aromatic rings. The number of aromatic hydroxyl groups is 1. The number of pyridine rings is 1. The standard InChI is InChI=1S/C9H6INO/c10-7-3-4-8(12)9-6(7)2-1-5-11-9/h1-5,12H/i10-4. The molecule has 0 fully saturated rings. The summed E-state index contributed by atoms with van der Waals surface area (Å²) in [4.78, 5) is 4.09. The van der Waals surface area contributed by atoms with E-state index in [1.54, 1.807) is 12.3 Å². The zero-order valence-electron chi connectivity index (χ0n) is 6.16. The highest BCUT2D eigenvalue weighted by Gasteiger charge is 2.02. The minimum atomic E-state index is 0.242. The SMILES string of the molecule is Oc1ccc([123I])c2cccnc12. The molecular formula is C9H6INO. The van der Waals surface area contributed by atoms with E-state index in [-0.39, 0.29) is 5.75 Å². The molecule has 1 aromatic carbocycles. The predicted octanol–water partition coefficient (Wildman–Crippen LogP) is 2.55. The number of fused-ring (bicyclic) bond motifs is 1. The molecular weight excluding hydrogens is 261 g/mol. The molecule has 0 saturated carbocycles. The normalized spacial score (nSPS) is 10.4. The number of hydrogen-bond acceptors (Lipinski definition) is 2. The van der Waals surface area contributed by atoms with Crippen LogP contribution < -0.4 is 0 Å². The Morgan fingerprint density at radius 3 is 2.83 bits per heavy atom. The molecule has 0 bridgehead atoms. The van der Waals surface area contributed by atoms with Gasteiger partial charge in [0.25, 0.3) is 0 Å². The quantitative estimate of drug-likeness (QED) is 0.744. The summed E-state index contributed by atoms with van der Waals surface area (Å²) in [6, 6.07) is 7.35. The van der Waals surface area contributed by atoms with Gasteiger partial charge in [-0.05, 0) is 40.8 Å². The Balaban J connectivity index is 2.95. The Hall–Kier alpha value is -0.840. The van der Waals surface area contributed by atoms with Crippen molar-refractivity contribution in [1.82, 2.24) is 4.98 Å². The summed E-state index contributed by atoms with van der Waals surface area (Å²) in [5.74, 6) is 0.242. The summed E-state index contributed by atoms with van der Waals surface area (Å²) in [7, 11) is 0. The maximum absolute atomic E-state index is 9.43. The van der Waals surface area contributed by atoms with E-state index in [0.717, 1.165) is 8.96 Å². The van der Waals surface area contributed by atoms with Crippen molar-refractivity contribution < 1.29 is 5.11 Å². The molecule has 60 valence electrons. The molecule has 0 unspecified atom stereocenters. The predicted molar refractivity (Wildman–Crippen MR) is 56.1 cm³/mol. The van der Waals surface area contributed by atoms with Crippen LogP contribution in [0.4, 0.5) is 0 Å². The van der Waals surface area contributed by atoms with Gasteiger partial charge in [-0.1, -0.05) is 6.07 Å². The molecule has 0 saturated heterocycles. The highest BCUT2D eigenvalue weighted by atomic mass is 123. The zero-order valence-corrected chi connectivity index (χ0v) is 8.32. The van der Waals surface area contributed by atoms with E-state index in [4.69, 9.17) is 0 Å². The number of phenolic OH excluding ortho intramolecular Hbond substituents is 1. The van der Waals surface area contributed by atoms with Crippen LogP contribution >= 0.6 is 22.6 Å². The Morgan fingerprint density at radius 1 is 1.25 bits per heavy atom. The van der Waals surface area contributed by atoms with E-state index < -0.39 is 0 Å². The van der Waals surface area contributed by atoms with Crippen molar-refractivity contribution in [3.63, 3.8) is 0 Å². The van der Waals surface area contributed by atoms with Gasteiger partial charge in [-0.3, -0.25) is 4.98 Å². The first kappa shape index (κ1) is 7.79. The second-order valence-corrected chi connectivity index (χ2v) is 3.63. The Morgan fingerprint density at radius 2 is 2.08 bits per heavy atom. The Labute approximate surface area is 83.4 Å². The molecule has 0 spiro atoms. The van der Waals surface area contributed by atoms with Crippen LogP contribution in [-0.2, 0) is 0 Å². The number of hydrogen-bond donors (Lipinski definition) is 1. The van der Waals surface area contributed by atoms with Gasteiger partial charge in [0.15, 0.2) is 0 Å². The van der Waals surface area contributed by atoms with Crippen LogP contribution in [0.3, 0.4) is 0 Å². The lowest BCUT2D eigenvalue weighted by molar-refractivity contribution is 0.480. The highest BCUT2D eigenvalue weighted by molar-refractivity contribution is 14.1. The third-order valence-electron chi connectivity index (χ3n) is 1.70. The average Bonchev–Trinajstić information content (AvgIpc) is 2.12. The lowest BCUT2D eigenvalue weighted by Crippen LogP contribution is -1.81. The number of rotatable bonds is 0. The van der Waals surface area contributed by atoms with Gasteiger partial charge in [0.05, 0.1) is 0 Å². The number of benzene rings is 1. The summed E-state index contributed by atoms with van der Waals surface area (Å²) in [6.07, 6.45) is 1.68. The summed E-state index contributed by atoms with van der Waals surface area (Å²) in [5.41, 5.74) is 0.671. The largest absolute Gasteiger partial charge is 0.506 e. The monoisotopic (exact) mass is 267 g/mol. The smallest absolute Gasteiger partial charge is 0.141 e. The van der Waals surface area contributed by atoms with Crippen molar-refractivity contribution in [1.29, 1.82) is 0 Å². The first-order chi connectivity index (χ1) is 5.79. The van der Waals surface area contributed by atoms with E-state index in [1.165, 1.54) is 0 Å². The number of phenols is 1. The van der Waals surface area contributed by atoms with E-state index in [2.05, 4.69) is 27.6 Å². The van der Waals surface area contributed by atoms with E-state index in [1.807, 2.05) is 18.2 Å². The van der Waals surface area contributed by atoms with Gasteiger partial charge in [0.2, 0.25) is 0 Å². The van der Waals surface area contributed by atoms with Crippen LogP contribution in [0.2, 0.25) is 0 Å². The van der Waals surface area contributed by atoms with Crippen LogP contribution in [-0.4, -0.2) is 10.1 Å². The van der Waals surface area contributed by atoms with Crippen LogP contribution in [0.15, 0.2) is 30.5 Å². The maximum Gasteiger partial charge on any atom is 0.141 e. The molecule has 2 nitrogen and oxygen atoms in total. The van der Waals surface area contributed by atoms with E-state index in [0.29, 0.717) is 5.52 Å².